The second-order valence-corrected chi connectivity index (χ2v) is 3.44. The van der Waals surface area contributed by atoms with Crippen LogP contribution in [0.15, 0.2) is 6.20 Å². The summed E-state index contributed by atoms with van der Waals surface area (Å²) in [6.45, 7) is 0. The van der Waals surface area contributed by atoms with E-state index < -0.39 is 47.9 Å². The normalized spacial score (nSPS) is 11.6. The average molecular weight is 301 g/mol. The molecule has 0 radical (unpaired) electrons. The zero-order chi connectivity index (χ0) is 15.5. The Morgan fingerprint density at radius 1 is 1.45 bits per heavy atom. The van der Waals surface area contributed by atoms with Gasteiger partial charge in [0.05, 0.1) is 31.0 Å². The first-order valence-electron chi connectivity index (χ1n) is 4.97. The molecule has 112 valence electrons. The summed E-state index contributed by atoms with van der Waals surface area (Å²) in [7, 11) is 0.856. The quantitative estimate of drug-likeness (QED) is 0.846. The second-order valence-electron chi connectivity index (χ2n) is 3.44. The molecule has 1 N–H and O–H groups in total. The molecule has 0 fully saturated rings. The van der Waals surface area contributed by atoms with E-state index >= 15 is 0 Å². The van der Waals surface area contributed by atoms with Crippen molar-refractivity contribution < 1.29 is 41.3 Å². The van der Waals surface area contributed by atoms with Gasteiger partial charge < -0.3 is 14.6 Å². The Hall–Kier alpha value is -2.13. The first-order valence-corrected chi connectivity index (χ1v) is 4.97. The lowest BCUT2D eigenvalue weighted by Gasteiger charge is -2.17. The minimum Gasteiger partial charge on any atom is -0.492 e. The van der Waals surface area contributed by atoms with Crippen molar-refractivity contribution in [2.24, 2.45) is 0 Å². The van der Waals surface area contributed by atoms with E-state index in [0.29, 0.717) is 6.20 Å². The second kappa shape index (κ2) is 5.88. The van der Waals surface area contributed by atoms with Crippen molar-refractivity contribution in [2.45, 2.75) is 19.2 Å². The molecule has 0 aliphatic carbocycles. The molecule has 1 aromatic heterocycles. The van der Waals surface area contributed by atoms with Gasteiger partial charge in [-0.05, 0) is 0 Å². The van der Waals surface area contributed by atoms with Crippen LogP contribution in [0.3, 0.4) is 0 Å². The van der Waals surface area contributed by atoms with E-state index in [-0.39, 0.29) is 0 Å². The molecule has 0 atom stereocenters. The summed E-state index contributed by atoms with van der Waals surface area (Å²) in [4.78, 5) is 13.8. The van der Waals surface area contributed by atoms with Crippen LogP contribution in [0.5, 0.6) is 11.5 Å². The Labute approximate surface area is 108 Å². The monoisotopic (exact) mass is 301 g/mol. The van der Waals surface area contributed by atoms with Crippen LogP contribution in [0.4, 0.5) is 22.0 Å². The molecular formula is C10H8F5NO4. The highest BCUT2D eigenvalue weighted by Crippen LogP contribution is 2.40. The fourth-order valence-corrected chi connectivity index (χ4v) is 1.45. The summed E-state index contributed by atoms with van der Waals surface area (Å²) in [5.41, 5.74) is -1.64. The molecule has 0 aromatic carbocycles. The van der Waals surface area contributed by atoms with Crippen molar-refractivity contribution in [2.75, 3.05) is 7.11 Å². The number of hydrogen-bond donors (Lipinski definition) is 1. The number of carbonyl (C=O) groups is 1. The number of alkyl halides is 5. The van der Waals surface area contributed by atoms with Crippen molar-refractivity contribution >= 4 is 5.97 Å². The molecule has 0 unspecified atom stereocenters. The van der Waals surface area contributed by atoms with Crippen molar-refractivity contribution in [1.82, 2.24) is 4.98 Å². The van der Waals surface area contributed by atoms with Crippen LogP contribution in [0.1, 0.15) is 17.7 Å². The molecule has 0 aliphatic heterocycles. The van der Waals surface area contributed by atoms with Gasteiger partial charge in [-0.15, -0.1) is 13.2 Å². The van der Waals surface area contributed by atoms with Crippen LogP contribution < -0.4 is 9.47 Å². The maximum absolute atomic E-state index is 12.9. The number of ether oxygens (including phenoxy) is 2. The SMILES string of the molecule is COc1c(OC(F)(F)F)cnc(CC(=O)O)c1C(F)F. The minimum atomic E-state index is -5.12. The van der Waals surface area contributed by atoms with Crippen LogP contribution in [0.2, 0.25) is 0 Å². The highest BCUT2D eigenvalue weighted by Gasteiger charge is 2.35. The molecule has 20 heavy (non-hydrogen) atoms. The Balaban J connectivity index is 3.37. The maximum Gasteiger partial charge on any atom is 0.573 e. The van der Waals surface area contributed by atoms with Gasteiger partial charge in [0, 0.05) is 0 Å². The van der Waals surface area contributed by atoms with Gasteiger partial charge in [0.15, 0.2) is 11.5 Å². The van der Waals surface area contributed by atoms with Crippen molar-refractivity contribution in [3.63, 3.8) is 0 Å². The number of aromatic nitrogens is 1. The molecule has 1 heterocycles. The van der Waals surface area contributed by atoms with E-state index in [0.717, 1.165) is 7.11 Å². The predicted octanol–water partition coefficient (Wildman–Crippen LogP) is 2.55. The van der Waals surface area contributed by atoms with Crippen LogP contribution >= 0.6 is 0 Å². The van der Waals surface area contributed by atoms with Gasteiger partial charge in [-0.3, -0.25) is 9.78 Å². The smallest absolute Gasteiger partial charge is 0.492 e. The van der Waals surface area contributed by atoms with Crippen molar-refractivity contribution in [3.05, 3.63) is 17.5 Å². The molecule has 0 aliphatic rings. The van der Waals surface area contributed by atoms with Crippen LogP contribution in [0.25, 0.3) is 0 Å². The van der Waals surface area contributed by atoms with Crippen molar-refractivity contribution in [3.8, 4) is 11.5 Å². The predicted molar refractivity (Wildman–Crippen MR) is 53.8 cm³/mol. The minimum absolute atomic E-state index is 0.483. The number of hydrogen-bond acceptors (Lipinski definition) is 4. The molecule has 10 heteroatoms. The average Bonchev–Trinajstić information content (AvgIpc) is 2.27. The van der Waals surface area contributed by atoms with Crippen LogP contribution in [-0.2, 0) is 11.2 Å². The summed E-state index contributed by atoms with van der Waals surface area (Å²) in [6.07, 6.45) is -8.80. The number of halogens is 5. The number of carboxylic acid groups (broad SMARTS) is 1. The third-order valence-corrected chi connectivity index (χ3v) is 2.08. The number of nitrogens with zero attached hydrogens (tertiary/aromatic N) is 1. The highest BCUT2D eigenvalue weighted by molar-refractivity contribution is 5.70. The zero-order valence-corrected chi connectivity index (χ0v) is 9.87. The van der Waals surface area contributed by atoms with Crippen LogP contribution in [-0.4, -0.2) is 29.5 Å². The Morgan fingerprint density at radius 2 is 2.05 bits per heavy atom. The molecule has 0 saturated carbocycles. The number of aliphatic carboxylic acids is 1. The highest BCUT2D eigenvalue weighted by atomic mass is 19.4. The lowest BCUT2D eigenvalue weighted by atomic mass is 10.1. The van der Waals surface area contributed by atoms with E-state index in [2.05, 4.69) is 14.5 Å². The summed E-state index contributed by atoms with van der Waals surface area (Å²) in [5, 5.41) is 8.56. The standard InChI is InChI=1S/C10H8F5NO4/c1-19-8-5(20-10(13,14)15)3-16-4(2-6(17)18)7(8)9(11)12/h3,9H,2H2,1H3,(H,17,18). The summed E-state index contributed by atoms with van der Waals surface area (Å²) >= 11 is 0. The van der Waals surface area contributed by atoms with Crippen LogP contribution in [0, 0.1) is 0 Å². The largest absolute Gasteiger partial charge is 0.573 e. The summed E-state index contributed by atoms with van der Waals surface area (Å²) < 4.78 is 70.1. The molecule has 1 rings (SSSR count). The number of rotatable bonds is 5. The molecule has 0 amide bonds. The van der Waals surface area contributed by atoms with Crippen molar-refractivity contribution in [1.29, 1.82) is 0 Å². The molecule has 0 bridgehead atoms. The van der Waals surface area contributed by atoms with Gasteiger partial charge in [0.25, 0.3) is 6.43 Å². The molecule has 0 saturated heterocycles. The maximum atomic E-state index is 12.9. The van der Waals surface area contributed by atoms with E-state index in [1.165, 1.54) is 0 Å². The molecular weight excluding hydrogens is 293 g/mol. The Morgan fingerprint density at radius 3 is 2.45 bits per heavy atom. The number of pyridine rings is 1. The lowest BCUT2D eigenvalue weighted by molar-refractivity contribution is -0.275. The number of methoxy groups -OCH3 is 1. The first kappa shape index (κ1) is 15.9. The van der Waals surface area contributed by atoms with Gasteiger partial charge >= 0.3 is 12.3 Å². The fourth-order valence-electron chi connectivity index (χ4n) is 1.45. The zero-order valence-electron chi connectivity index (χ0n) is 9.87. The molecule has 0 spiro atoms. The van der Waals surface area contributed by atoms with Gasteiger partial charge in [0.2, 0.25) is 0 Å². The van der Waals surface area contributed by atoms with Gasteiger partial charge in [0.1, 0.15) is 0 Å². The molecule has 1 aromatic rings. The summed E-state index contributed by atoms with van der Waals surface area (Å²) in [6, 6.07) is 0. The van der Waals surface area contributed by atoms with E-state index in [1.54, 1.807) is 0 Å². The van der Waals surface area contributed by atoms with Gasteiger partial charge in [-0.25, -0.2) is 8.78 Å². The lowest BCUT2D eigenvalue weighted by Crippen LogP contribution is -2.19. The Kier molecular flexibility index (Phi) is 4.69. The topological polar surface area (TPSA) is 68.7 Å². The van der Waals surface area contributed by atoms with Gasteiger partial charge in [-0.1, -0.05) is 0 Å². The van der Waals surface area contributed by atoms with E-state index in [1.807, 2.05) is 0 Å². The molecule has 5 nitrogen and oxygen atoms in total. The fraction of sp³-hybridized carbons (Fsp3) is 0.400. The Bertz CT molecular complexity index is 503. The number of carboxylic acids is 1. The third-order valence-electron chi connectivity index (χ3n) is 2.08. The van der Waals surface area contributed by atoms with E-state index in [4.69, 9.17) is 5.11 Å². The van der Waals surface area contributed by atoms with E-state index in [9.17, 15) is 26.7 Å². The summed E-state index contributed by atoms with van der Waals surface area (Å²) in [5.74, 6) is -3.43. The first-order chi connectivity index (χ1) is 9.15. The third kappa shape index (κ3) is 3.93. The van der Waals surface area contributed by atoms with Gasteiger partial charge in [-0.2, -0.15) is 0 Å².